The lowest BCUT2D eigenvalue weighted by atomic mass is 10.1. The van der Waals surface area contributed by atoms with Crippen molar-refractivity contribution < 1.29 is 4.74 Å². The molecule has 0 spiro atoms. The molecule has 0 aliphatic carbocycles. The number of rotatable bonds is 1. The summed E-state index contributed by atoms with van der Waals surface area (Å²) < 4.78 is 5.60. The molecule has 1 saturated heterocycles. The Morgan fingerprint density at radius 1 is 1.44 bits per heavy atom. The monoisotopic (exact) mass is 240 g/mol. The molecule has 2 unspecified atom stereocenters. The van der Waals surface area contributed by atoms with Gasteiger partial charge < -0.3 is 15.4 Å². The molecule has 1 aromatic rings. The Labute approximate surface area is 101 Å². The SMILES string of the molecule is CC1CN(c2ccc(N)cc2Cl)C(C)CO1. The molecule has 4 heteroatoms. The fourth-order valence-electron chi connectivity index (χ4n) is 2.00. The molecule has 0 saturated carbocycles. The minimum Gasteiger partial charge on any atom is -0.399 e. The quantitative estimate of drug-likeness (QED) is 0.767. The van der Waals surface area contributed by atoms with E-state index in [0.717, 1.165) is 18.8 Å². The van der Waals surface area contributed by atoms with Crippen molar-refractivity contribution in [3.8, 4) is 0 Å². The first-order chi connectivity index (χ1) is 7.58. The molecule has 88 valence electrons. The summed E-state index contributed by atoms with van der Waals surface area (Å²) in [6.45, 7) is 5.81. The zero-order valence-electron chi connectivity index (χ0n) is 9.61. The molecule has 3 nitrogen and oxygen atoms in total. The molecule has 16 heavy (non-hydrogen) atoms. The number of halogens is 1. The van der Waals surface area contributed by atoms with Gasteiger partial charge in [0.05, 0.1) is 23.4 Å². The van der Waals surface area contributed by atoms with Crippen LogP contribution in [0.1, 0.15) is 13.8 Å². The Kier molecular flexibility index (Phi) is 3.26. The van der Waals surface area contributed by atoms with Crippen LogP contribution < -0.4 is 10.6 Å². The first-order valence-corrected chi connectivity index (χ1v) is 5.89. The van der Waals surface area contributed by atoms with E-state index in [9.17, 15) is 0 Å². The van der Waals surface area contributed by atoms with Gasteiger partial charge in [-0.3, -0.25) is 0 Å². The van der Waals surface area contributed by atoms with E-state index in [0.29, 0.717) is 16.8 Å². The van der Waals surface area contributed by atoms with Gasteiger partial charge in [-0.25, -0.2) is 0 Å². The second kappa shape index (κ2) is 4.52. The molecular formula is C12H17ClN2O. The summed E-state index contributed by atoms with van der Waals surface area (Å²) in [5, 5.41) is 0.709. The molecule has 2 rings (SSSR count). The van der Waals surface area contributed by atoms with Gasteiger partial charge in [-0.15, -0.1) is 0 Å². The average molecular weight is 241 g/mol. The average Bonchev–Trinajstić information content (AvgIpc) is 2.22. The largest absolute Gasteiger partial charge is 0.399 e. The maximum atomic E-state index is 6.21. The number of ether oxygens (including phenoxy) is 1. The van der Waals surface area contributed by atoms with Gasteiger partial charge in [-0.1, -0.05) is 11.6 Å². The molecular weight excluding hydrogens is 224 g/mol. The van der Waals surface area contributed by atoms with E-state index >= 15 is 0 Å². The molecule has 1 aliphatic heterocycles. The zero-order chi connectivity index (χ0) is 11.7. The van der Waals surface area contributed by atoms with Crippen LogP contribution in [-0.2, 0) is 4.74 Å². The van der Waals surface area contributed by atoms with Crippen LogP contribution in [0.2, 0.25) is 5.02 Å². The minimum atomic E-state index is 0.241. The predicted molar refractivity (Wildman–Crippen MR) is 68.1 cm³/mol. The third-order valence-electron chi connectivity index (χ3n) is 2.89. The van der Waals surface area contributed by atoms with Gasteiger partial charge in [0.15, 0.2) is 0 Å². The van der Waals surface area contributed by atoms with Crippen LogP contribution in [-0.4, -0.2) is 25.3 Å². The van der Waals surface area contributed by atoms with Gasteiger partial charge in [0.25, 0.3) is 0 Å². The molecule has 0 amide bonds. The van der Waals surface area contributed by atoms with E-state index in [1.54, 1.807) is 6.07 Å². The molecule has 1 aromatic carbocycles. The standard InChI is InChI=1S/C12H17ClN2O/c1-8-7-16-9(2)6-15(8)12-4-3-10(14)5-11(12)13/h3-5,8-9H,6-7,14H2,1-2H3. The van der Waals surface area contributed by atoms with Gasteiger partial charge in [0, 0.05) is 18.3 Å². The van der Waals surface area contributed by atoms with Crippen molar-refractivity contribution in [2.45, 2.75) is 26.0 Å². The molecule has 1 heterocycles. The normalized spacial score (nSPS) is 25.8. The summed E-state index contributed by atoms with van der Waals surface area (Å²) >= 11 is 6.21. The van der Waals surface area contributed by atoms with Crippen LogP contribution in [0, 0.1) is 0 Å². The Bertz CT molecular complexity index is 383. The Hall–Kier alpha value is -0.930. The molecule has 2 N–H and O–H groups in total. The first kappa shape index (κ1) is 11.6. The molecule has 1 fully saturated rings. The van der Waals surface area contributed by atoms with Crippen LogP contribution in [0.4, 0.5) is 11.4 Å². The summed E-state index contributed by atoms with van der Waals surface area (Å²) in [5.74, 6) is 0. The topological polar surface area (TPSA) is 38.5 Å². The number of nitrogen functional groups attached to an aromatic ring is 1. The second-order valence-corrected chi connectivity index (χ2v) is 4.76. The number of nitrogens with two attached hydrogens (primary N) is 1. The summed E-state index contributed by atoms with van der Waals surface area (Å²) in [6.07, 6.45) is 0.241. The van der Waals surface area contributed by atoms with Gasteiger partial charge in [-0.2, -0.15) is 0 Å². The van der Waals surface area contributed by atoms with Crippen molar-refractivity contribution in [2.24, 2.45) is 0 Å². The van der Waals surface area contributed by atoms with E-state index in [-0.39, 0.29) is 6.10 Å². The van der Waals surface area contributed by atoms with E-state index < -0.39 is 0 Å². The minimum absolute atomic E-state index is 0.241. The van der Waals surface area contributed by atoms with Crippen molar-refractivity contribution in [1.82, 2.24) is 0 Å². The molecule has 0 radical (unpaired) electrons. The van der Waals surface area contributed by atoms with Gasteiger partial charge in [0.2, 0.25) is 0 Å². The Balaban J connectivity index is 2.28. The lowest BCUT2D eigenvalue weighted by molar-refractivity contribution is 0.0344. The maximum Gasteiger partial charge on any atom is 0.0723 e. The highest BCUT2D eigenvalue weighted by Crippen LogP contribution is 2.30. The van der Waals surface area contributed by atoms with Crippen molar-refractivity contribution in [1.29, 1.82) is 0 Å². The van der Waals surface area contributed by atoms with E-state index in [1.165, 1.54) is 0 Å². The van der Waals surface area contributed by atoms with E-state index in [4.69, 9.17) is 22.1 Å². The van der Waals surface area contributed by atoms with Crippen LogP contribution in [0.5, 0.6) is 0 Å². The van der Waals surface area contributed by atoms with Crippen LogP contribution in [0.3, 0.4) is 0 Å². The molecule has 1 aliphatic rings. The molecule has 0 bridgehead atoms. The van der Waals surface area contributed by atoms with Crippen molar-refractivity contribution >= 4 is 23.0 Å². The third-order valence-corrected chi connectivity index (χ3v) is 3.19. The van der Waals surface area contributed by atoms with Crippen molar-refractivity contribution in [3.63, 3.8) is 0 Å². The fourth-order valence-corrected chi connectivity index (χ4v) is 2.29. The Morgan fingerprint density at radius 3 is 2.88 bits per heavy atom. The maximum absolute atomic E-state index is 6.21. The molecule has 2 atom stereocenters. The smallest absolute Gasteiger partial charge is 0.0723 e. The second-order valence-electron chi connectivity index (χ2n) is 4.36. The number of hydrogen-bond donors (Lipinski definition) is 1. The number of benzene rings is 1. The Morgan fingerprint density at radius 2 is 2.19 bits per heavy atom. The number of hydrogen-bond acceptors (Lipinski definition) is 3. The summed E-state index contributed by atoms with van der Waals surface area (Å²) in [4.78, 5) is 2.27. The fraction of sp³-hybridized carbons (Fsp3) is 0.500. The van der Waals surface area contributed by atoms with E-state index in [2.05, 4.69) is 18.7 Å². The predicted octanol–water partition coefficient (Wildman–Crippen LogP) is 2.54. The highest BCUT2D eigenvalue weighted by atomic mass is 35.5. The van der Waals surface area contributed by atoms with Gasteiger partial charge in [0.1, 0.15) is 0 Å². The first-order valence-electron chi connectivity index (χ1n) is 5.51. The molecule has 0 aromatic heterocycles. The van der Waals surface area contributed by atoms with Gasteiger partial charge >= 0.3 is 0 Å². The van der Waals surface area contributed by atoms with Crippen molar-refractivity contribution in [2.75, 3.05) is 23.8 Å². The lowest BCUT2D eigenvalue weighted by Gasteiger charge is -2.39. The zero-order valence-corrected chi connectivity index (χ0v) is 10.4. The third kappa shape index (κ3) is 2.25. The highest BCUT2D eigenvalue weighted by molar-refractivity contribution is 6.33. The number of morpholine rings is 1. The van der Waals surface area contributed by atoms with Crippen molar-refractivity contribution in [3.05, 3.63) is 23.2 Å². The summed E-state index contributed by atoms with van der Waals surface area (Å²) in [5.41, 5.74) is 7.43. The number of anilines is 2. The van der Waals surface area contributed by atoms with E-state index in [1.807, 2.05) is 12.1 Å². The van der Waals surface area contributed by atoms with Crippen LogP contribution in [0.25, 0.3) is 0 Å². The lowest BCUT2D eigenvalue weighted by Crippen LogP contribution is -2.47. The summed E-state index contributed by atoms with van der Waals surface area (Å²) in [6, 6.07) is 6.00. The van der Waals surface area contributed by atoms with Crippen LogP contribution in [0.15, 0.2) is 18.2 Å². The summed E-state index contributed by atoms with van der Waals surface area (Å²) in [7, 11) is 0. The number of nitrogens with zero attached hydrogens (tertiary/aromatic N) is 1. The highest BCUT2D eigenvalue weighted by Gasteiger charge is 2.24. The van der Waals surface area contributed by atoms with Crippen LogP contribution >= 0.6 is 11.6 Å². The van der Waals surface area contributed by atoms with Gasteiger partial charge in [-0.05, 0) is 32.0 Å².